The lowest BCUT2D eigenvalue weighted by Crippen LogP contribution is -2.04. The van der Waals surface area contributed by atoms with Crippen molar-refractivity contribution in [3.05, 3.63) is 64.7 Å². The molecule has 0 bridgehead atoms. The standard InChI is InChI=1S/C14H10ClO2/c1-17-14-11(8-5-9-12(14)15)13(16)10-6-3-2-4-7-10/h3-9H,1H3. The molecule has 85 valence electrons. The Balaban J connectivity index is 2.48. The molecule has 0 aliphatic carbocycles. The zero-order valence-corrected chi connectivity index (χ0v) is 9.99. The largest absolute Gasteiger partial charge is 0.494 e. The summed E-state index contributed by atoms with van der Waals surface area (Å²) in [5.41, 5.74) is 1.05. The fourth-order valence-corrected chi connectivity index (χ4v) is 1.84. The number of benzene rings is 2. The van der Waals surface area contributed by atoms with Crippen molar-refractivity contribution in [1.82, 2.24) is 0 Å². The van der Waals surface area contributed by atoms with Gasteiger partial charge in [-0.1, -0.05) is 41.9 Å². The van der Waals surface area contributed by atoms with Crippen molar-refractivity contribution in [3.8, 4) is 5.75 Å². The molecule has 2 aromatic carbocycles. The average molecular weight is 246 g/mol. The van der Waals surface area contributed by atoms with E-state index in [1.165, 1.54) is 7.11 Å². The Morgan fingerprint density at radius 3 is 2.59 bits per heavy atom. The fourth-order valence-electron chi connectivity index (χ4n) is 1.59. The maximum Gasteiger partial charge on any atom is 0.196 e. The molecule has 2 nitrogen and oxygen atoms in total. The van der Waals surface area contributed by atoms with Crippen LogP contribution < -0.4 is 4.74 Å². The van der Waals surface area contributed by atoms with Gasteiger partial charge in [0, 0.05) is 5.56 Å². The molecule has 0 fully saturated rings. The lowest BCUT2D eigenvalue weighted by molar-refractivity contribution is 0.103. The van der Waals surface area contributed by atoms with Crippen molar-refractivity contribution in [2.45, 2.75) is 0 Å². The van der Waals surface area contributed by atoms with Crippen LogP contribution >= 0.6 is 11.6 Å². The molecule has 0 atom stereocenters. The van der Waals surface area contributed by atoms with Crippen molar-refractivity contribution < 1.29 is 9.53 Å². The maximum atomic E-state index is 12.2. The molecular weight excluding hydrogens is 236 g/mol. The predicted octanol–water partition coefficient (Wildman–Crippen LogP) is 3.38. The number of para-hydroxylation sites is 1. The Labute approximate surface area is 105 Å². The van der Waals surface area contributed by atoms with Gasteiger partial charge in [-0.2, -0.15) is 0 Å². The van der Waals surface area contributed by atoms with Crippen molar-refractivity contribution in [1.29, 1.82) is 0 Å². The number of carbonyl (C=O) groups excluding carboxylic acids is 1. The zero-order valence-electron chi connectivity index (χ0n) is 9.24. The SMILES string of the molecule is COc1c(Cl)cccc1C(=O)c1cc[c]cc1. The Kier molecular flexibility index (Phi) is 3.45. The number of hydrogen-bond acceptors (Lipinski definition) is 2. The maximum absolute atomic E-state index is 12.2. The molecule has 2 rings (SSSR count). The summed E-state index contributed by atoms with van der Waals surface area (Å²) in [6, 6.07) is 14.8. The van der Waals surface area contributed by atoms with E-state index in [0.717, 1.165) is 0 Å². The van der Waals surface area contributed by atoms with Crippen LogP contribution in [0.2, 0.25) is 5.02 Å². The van der Waals surface area contributed by atoms with E-state index in [1.807, 2.05) is 0 Å². The first-order valence-electron chi connectivity index (χ1n) is 5.07. The molecule has 1 radical (unpaired) electrons. The first kappa shape index (κ1) is 11.7. The minimum absolute atomic E-state index is 0.113. The molecule has 0 unspecified atom stereocenters. The fraction of sp³-hybridized carbons (Fsp3) is 0.0714. The smallest absolute Gasteiger partial charge is 0.196 e. The summed E-state index contributed by atoms with van der Waals surface area (Å²) >= 11 is 5.98. The second-order valence-corrected chi connectivity index (χ2v) is 3.85. The minimum Gasteiger partial charge on any atom is -0.494 e. The molecule has 0 aliphatic rings. The van der Waals surface area contributed by atoms with E-state index in [2.05, 4.69) is 6.07 Å². The Hall–Kier alpha value is -1.80. The summed E-state index contributed by atoms with van der Waals surface area (Å²) in [5, 5.41) is 0.431. The lowest BCUT2D eigenvalue weighted by Gasteiger charge is -2.08. The number of methoxy groups -OCH3 is 1. The quantitative estimate of drug-likeness (QED) is 0.775. The first-order chi connectivity index (χ1) is 8.24. The van der Waals surface area contributed by atoms with Gasteiger partial charge >= 0.3 is 0 Å². The second-order valence-electron chi connectivity index (χ2n) is 3.44. The molecule has 2 aromatic rings. The van der Waals surface area contributed by atoms with Crippen LogP contribution in [-0.4, -0.2) is 12.9 Å². The molecule has 0 aliphatic heterocycles. The third-order valence-corrected chi connectivity index (χ3v) is 2.69. The number of hydrogen-bond donors (Lipinski definition) is 0. The lowest BCUT2D eigenvalue weighted by atomic mass is 10.0. The molecule has 0 heterocycles. The highest BCUT2D eigenvalue weighted by atomic mass is 35.5. The number of rotatable bonds is 3. The van der Waals surface area contributed by atoms with E-state index in [-0.39, 0.29) is 5.78 Å². The Morgan fingerprint density at radius 1 is 1.24 bits per heavy atom. The summed E-state index contributed by atoms with van der Waals surface area (Å²) < 4.78 is 5.16. The molecule has 0 saturated carbocycles. The van der Waals surface area contributed by atoms with Crippen molar-refractivity contribution >= 4 is 17.4 Å². The van der Waals surface area contributed by atoms with E-state index in [1.54, 1.807) is 42.5 Å². The number of ether oxygens (including phenoxy) is 1. The highest BCUT2D eigenvalue weighted by molar-refractivity contribution is 6.33. The van der Waals surface area contributed by atoms with Crippen LogP contribution in [0.15, 0.2) is 42.5 Å². The number of halogens is 1. The number of carbonyl (C=O) groups is 1. The molecule has 0 spiro atoms. The molecule has 0 N–H and O–H groups in total. The van der Waals surface area contributed by atoms with Crippen LogP contribution in [0.25, 0.3) is 0 Å². The molecule has 0 amide bonds. The van der Waals surface area contributed by atoms with E-state index in [4.69, 9.17) is 16.3 Å². The molecule has 0 saturated heterocycles. The van der Waals surface area contributed by atoms with E-state index in [9.17, 15) is 4.79 Å². The van der Waals surface area contributed by atoms with Crippen LogP contribution in [0.4, 0.5) is 0 Å². The molecule has 17 heavy (non-hydrogen) atoms. The summed E-state index contributed by atoms with van der Waals surface area (Å²) in [5.74, 6) is 0.297. The third kappa shape index (κ3) is 2.32. The summed E-state index contributed by atoms with van der Waals surface area (Å²) in [6.07, 6.45) is 0. The van der Waals surface area contributed by atoms with Crippen LogP contribution in [0.3, 0.4) is 0 Å². The van der Waals surface area contributed by atoms with Gasteiger partial charge < -0.3 is 4.74 Å². The predicted molar refractivity (Wildman–Crippen MR) is 66.7 cm³/mol. The van der Waals surface area contributed by atoms with Crippen molar-refractivity contribution in [2.24, 2.45) is 0 Å². The van der Waals surface area contributed by atoms with Gasteiger partial charge in [0.15, 0.2) is 5.78 Å². The Bertz CT molecular complexity index is 535. The van der Waals surface area contributed by atoms with Gasteiger partial charge in [-0.25, -0.2) is 0 Å². The average Bonchev–Trinajstić information content (AvgIpc) is 2.38. The highest BCUT2D eigenvalue weighted by Crippen LogP contribution is 2.29. The van der Waals surface area contributed by atoms with Gasteiger partial charge in [-0.15, -0.1) is 0 Å². The van der Waals surface area contributed by atoms with Crippen LogP contribution in [-0.2, 0) is 0 Å². The third-order valence-electron chi connectivity index (χ3n) is 2.40. The van der Waals surface area contributed by atoms with Gasteiger partial charge in [0.1, 0.15) is 5.75 Å². The molecule has 0 aromatic heterocycles. The second kappa shape index (κ2) is 5.02. The first-order valence-corrected chi connectivity index (χ1v) is 5.45. The number of ketones is 1. The van der Waals surface area contributed by atoms with Gasteiger partial charge in [0.25, 0.3) is 0 Å². The van der Waals surface area contributed by atoms with Crippen LogP contribution in [0.5, 0.6) is 5.75 Å². The van der Waals surface area contributed by atoms with Gasteiger partial charge in [0.2, 0.25) is 0 Å². The summed E-state index contributed by atoms with van der Waals surface area (Å²) in [4.78, 5) is 12.2. The molecular formula is C14H10ClO2. The highest BCUT2D eigenvalue weighted by Gasteiger charge is 2.15. The Morgan fingerprint density at radius 2 is 1.94 bits per heavy atom. The summed E-state index contributed by atoms with van der Waals surface area (Å²) in [7, 11) is 1.50. The zero-order chi connectivity index (χ0) is 12.3. The van der Waals surface area contributed by atoms with E-state index in [0.29, 0.717) is 21.9 Å². The van der Waals surface area contributed by atoms with Crippen molar-refractivity contribution in [2.75, 3.05) is 7.11 Å². The van der Waals surface area contributed by atoms with Crippen LogP contribution in [0.1, 0.15) is 15.9 Å². The van der Waals surface area contributed by atoms with Gasteiger partial charge in [-0.05, 0) is 18.2 Å². The van der Waals surface area contributed by atoms with E-state index < -0.39 is 0 Å². The minimum atomic E-state index is -0.113. The topological polar surface area (TPSA) is 26.3 Å². The van der Waals surface area contributed by atoms with Crippen LogP contribution in [0, 0.1) is 6.07 Å². The van der Waals surface area contributed by atoms with Gasteiger partial charge in [-0.3, -0.25) is 4.79 Å². The molecule has 3 heteroatoms. The van der Waals surface area contributed by atoms with Crippen molar-refractivity contribution in [3.63, 3.8) is 0 Å². The van der Waals surface area contributed by atoms with Gasteiger partial charge in [0.05, 0.1) is 17.7 Å². The monoisotopic (exact) mass is 245 g/mol. The normalized spacial score (nSPS) is 10.0. The van der Waals surface area contributed by atoms with E-state index >= 15 is 0 Å². The summed E-state index contributed by atoms with van der Waals surface area (Å²) in [6.45, 7) is 0.